The van der Waals surface area contributed by atoms with E-state index in [1.807, 2.05) is 31.2 Å². The van der Waals surface area contributed by atoms with Gasteiger partial charge in [-0.3, -0.25) is 15.7 Å². The van der Waals surface area contributed by atoms with Crippen molar-refractivity contribution in [3.63, 3.8) is 0 Å². The van der Waals surface area contributed by atoms with Crippen LogP contribution in [0.4, 0.5) is 5.69 Å². The van der Waals surface area contributed by atoms with Gasteiger partial charge >= 0.3 is 0 Å². The van der Waals surface area contributed by atoms with Gasteiger partial charge in [0.05, 0.1) is 18.4 Å². The van der Waals surface area contributed by atoms with E-state index in [0.717, 1.165) is 23.9 Å². The van der Waals surface area contributed by atoms with E-state index in [1.165, 1.54) is 4.90 Å². The van der Waals surface area contributed by atoms with E-state index < -0.39 is 0 Å². The Morgan fingerprint density at radius 1 is 1.17 bits per heavy atom. The van der Waals surface area contributed by atoms with Gasteiger partial charge < -0.3 is 0 Å². The van der Waals surface area contributed by atoms with Crippen LogP contribution in [0, 0.1) is 17.7 Å². The normalized spacial score (nSPS) is 9.08. The third kappa shape index (κ3) is 1.50. The van der Waals surface area contributed by atoms with Gasteiger partial charge in [-0.2, -0.15) is 0 Å². The summed E-state index contributed by atoms with van der Waals surface area (Å²) in [4.78, 5) is 1.45. The highest BCUT2D eigenvalue weighted by Gasteiger charge is 2.01. The fourth-order valence-electron chi connectivity index (χ4n) is 1.03. The monoisotopic (exact) mass is 161 g/mol. The molecule has 1 aromatic carbocycles. The van der Waals surface area contributed by atoms with Crippen molar-refractivity contribution >= 4 is 18.4 Å². The molecular weight excluding hydrogens is 150 g/mol. The molecule has 2 N–H and O–H groups in total. The van der Waals surface area contributed by atoms with E-state index in [-0.39, 0.29) is 0 Å². The van der Waals surface area contributed by atoms with Gasteiger partial charge in [0, 0.05) is 0 Å². The van der Waals surface area contributed by atoms with E-state index in [4.69, 9.17) is 10.8 Å². The quantitative estimate of drug-likeness (QED) is 0.517. The Balaban J connectivity index is 3.08. The first kappa shape index (κ1) is 8.46. The highest BCUT2D eigenvalue weighted by Crippen LogP contribution is 2.16. The van der Waals surface area contributed by atoms with Gasteiger partial charge in [-0.05, 0) is 18.6 Å². The van der Waals surface area contributed by atoms with Gasteiger partial charge in [0.15, 0.2) is 0 Å². The topological polar surface area (TPSA) is 50.9 Å². The van der Waals surface area contributed by atoms with Gasteiger partial charge in [0.1, 0.15) is 0 Å². The first-order chi connectivity index (χ1) is 5.79. The van der Waals surface area contributed by atoms with Crippen molar-refractivity contribution in [1.82, 2.24) is 0 Å². The molecule has 62 valence electrons. The standard InChI is InChI=1S/C9H11N3/c1-8-4-2-3-5-9(8)12(6-10)7-11/h2-7,10-11H,1H3. The highest BCUT2D eigenvalue weighted by molar-refractivity contribution is 5.98. The fourth-order valence-corrected chi connectivity index (χ4v) is 1.03. The molecule has 0 unspecified atom stereocenters. The Bertz CT molecular complexity index is 286. The number of para-hydroxylation sites is 1. The lowest BCUT2D eigenvalue weighted by molar-refractivity contribution is 1.34. The SMILES string of the molecule is Cc1ccccc1N(C=N)C=N. The third-order valence-corrected chi connectivity index (χ3v) is 1.67. The van der Waals surface area contributed by atoms with Crippen LogP contribution >= 0.6 is 0 Å². The van der Waals surface area contributed by atoms with Crippen molar-refractivity contribution in [2.24, 2.45) is 0 Å². The van der Waals surface area contributed by atoms with Gasteiger partial charge in [0.2, 0.25) is 0 Å². The molecule has 12 heavy (non-hydrogen) atoms. The smallest absolute Gasteiger partial charge is 0.0915 e. The van der Waals surface area contributed by atoms with Crippen LogP contribution in [0.3, 0.4) is 0 Å². The summed E-state index contributed by atoms with van der Waals surface area (Å²) in [5.74, 6) is 0. The number of nitrogens with one attached hydrogen (secondary N) is 2. The van der Waals surface area contributed by atoms with Crippen molar-refractivity contribution in [3.8, 4) is 0 Å². The van der Waals surface area contributed by atoms with Crippen LogP contribution in [0.25, 0.3) is 0 Å². The summed E-state index contributed by atoms with van der Waals surface area (Å²) in [6.45, 7) is 1.95. The largest absolute Gasteiger partial charge is 0.292 e. The van der Waals surface area contributed by atoms with Crippen molar-refractivity contribution in [3.05, 3.63) is 29.8 Å². The lowest BCUT2D eigenvalue weighted by Crippen LogP contribution is -2.18. The number of benzene rings is 1. The first-order valence-electron chi connectivity index (χ1n) is 3.64. The third-order valence-electron chi connectivity index (χ3n) is 1.67. The lowest BCUT2D eigenvalue weighted by Gasteiger charge is -2.14. The zero-order valence-corrected chi connectivity index (χ0v) is 6.91. The van der Waals surface area contributed by atoms with Crippen molar-refractivity contribution in [1.29, 1.82) is 10.8 Å². The summed E-state index contributed by atoms with van der Waals surface area (Å²) in [6, 6.07) is 7.66. The second kappa shape index (κ2) is 3.67. The number of rotatable bonds is 3. The molecule has 1 aromatic rings. The minimum Gasteiger partial charge on any atom is -0.292 e. The molecule has 0 amide bonds. The molecule has 0 saturated heterocycles. The van der Waals surface area contributed by atoms with E-state index in [0.29, 0.717) is 0 Å². The molecule has 1 rings (SSSR count). The second-order valence-corrected chi connectivity index (χ2v) is 2.45. The molecule has 0 heterocycles. The Kier molecular flexibility index (Phi) is 2.58. The molecule has 0 radical (unpaired) electrons. The summed E-state index contributed by atoms with van der Waals surface area (Å²) in [5.41, 5.74) is 1.94. The Labute approximate surface area is 71.7 Å². The van der Waals surface area contributed by atoms with Crippen LogP contribution < -0.4 is 4.90 Å². The molecule has 0 aliphatic heterocycles. The highest BCUT2D eigenvalue weighted by atomic mass is 15.1. The molecule has 0 atom stereocenters. The fraction of sp³-hybridized carbons (Fsp3) is 0.111. The van der Waals surface area contributed by atoms with Gasteiger partial charge in [0.25, 0.3) is 0 Å². The van der Waals surface area contributed by atoms with Gasteiger partial charge in [-0.25, -0.2) is 0 Å². The molecule has 0 aliphatic carbocycles. The summed E-state index contributed by atoms with van der Waals surface area (Å²) in [6.07, 6.45) is 2.24. The maximum Gasteiger partial charge on any atom is 0.0915 e. The Morgan fingerprint density at radius 2 is 1.75 bits per heavy atom. The number of nitrogens with zero attached hydrogens (tertiary/aromatic N) is 1. The van der Waals surface area contributed by atoms with Crippen LogP contribution in [0.1, 0.15) is 5.56 Å². The van der Waals surface area contributed by atoms with Crippen LogP contribution in [-0.2, 0) is 0 Å². The van der Waals surface area contributed by atoms with Crippen molar-refractivity contribution in [2.45, 2.75) is 6.92 Å². The molecular formula is C9H11N3. The second-order valence-electron chi connectivity index (χ2n) is 2.45. The molecule has 0 bridgehead atoms. The molecule has 0 fully saturated rings. The molecule has 0 aliphatic rings. The van der Waals surface area contributed by atoms with E-state index >= 15 is 0 Å². The Morgan fingerprint density at radius 3 is 2.25 bits per heavy atom. The average molecular weight is 161 g/mol. The number of anilines is 1. The molecule has 3 nitrogen and oxygen atoms in total. The maximum absolute atomic E-state index is 7.04. The van der Waals surface area contributed by atoms with Crippen LogP contribution in [0.15, 0.2) is 24.3 Å². The molecule has 0 saturated carbocycles. The van der Waals surface area contributed by atoms with Crippen molar-refractivity contribution in [2.75, 3.05) is 4.90 Å². The summed E-state index contributed by atoms with van der Waals surface area (Å²) in [5, 5.41) is 14.1. The van der Waals surface area contributed by atoms with Crippen LogP contribution in [0.2, 0.25) is 0 Å². The summed E-state index contributed by atoms with van der Waals surface area (Å²) >= 11 is 0. The van der Waals surface area contributed by atoms with Crippen LogP contribution in [-0.4, -0.2) is 12.7 Å². The zero-order valence-electron chi connectivity index (χ0n) is 6.91. The van der Waals surface area contributed by atoms with E-state index in [9.17, 15) is 0 Å². The molecule has 0 spiro atoms. The summed E-state index contributed by atoms with van der Waals surface area (Å²) < 4.78 is 0. The average Bonchev–Trinajstić information content (AvgIpc) is 2.10. The predicted octanol–water partition coefficient (Wildman–Crippen LogP) is 2.02. The number of hydrogen-bond donors (Lipinski definition) is 2. The first-order valence-corrected chi connectivity index (χ1v) is 3.64. The maximum atomic E-state index is 7.04. The molecule has 0 aromatic heterocycles. The van der Waals surface area contributed by atoms with E-state index in [1.54, 1.807) is 0 Å². The number of aryl methyl sites for hydroxylation is 1. The Hall–Kier alpha value is -1.64. The summed E-state index contributed by atoms with van der Waals surface area (Å²) in [7, 11) is 0. The minimum atomic E-state index is 0.877. The predicted molar refractivity (Wildman–Crippen MR) is 51.2 cm³/mol. The van der Waals surface area contributed by atoms with Crippen LogP contribution in [0.5, 0.6) is 0 Å². The zero-order chi connectivity index (χ0) is 8.97. The molecule has 3 heteroatoms. The van der Waals surface area contributed by atoms with E-state index in [2.05, 4.69) is 0 Å². The van der Waals surface area contributed by atoms with Gasteiger partial charge in [-0.15, -0.1) is 0 Å². The minimum absolute atomic E-state index is 0.877. The van der Waals surface area contributed by atoms with Crippen molar-refractivity contribution < 1.29 is 0 Å². The number of hydrogen-bond acceptors (Lipinski definition) is 2. The van der Waals surface area contributed by atoms with Gasteiger partial charge in [-0.1, -0.05) is 18.2 Å². The lowest BCUT2D eigenvalue weighted by atomic mass is 10.2.